The van der Waals surface area contributed by atoms with Gasteiger partial charge in [-0.2, -0.15) is 0 Å². The number of nitrogens with one attached hydrogen (secondary N) is 1. The molecule has 0 saturated carbocycles. The van der Waals surface area contributed by atoms with Crippen molar-refractivity contribution in [2.75, 3.05) is 12.4 Å². The average Bonchev–Trinajstić information content (AvgIpc) is 2.40. The van der Waals surface area contributed by atoms with E-state index < -0.39 is 0 Å². The van der Waals surface area contributed by atoms with E-state index in [-0.39, 0.29) is 0 Å². The molecule has 17 heavy (non-hydrogen) atoms. The van der Waals surface area contributed by atoms with E-state index >= 15 is 0 Å². The van der Waals surface area contributed by atoms with Crippen molar-refractivity contribution in [1.29, 1.82) is 0 Å². The molecule has 2 rings (SSSR count). The Hall–Kier alpha value is -1.76. The molecular formula is C16H19N. The zero-order valence-corrected chi connectivity index (χ0v) is 10.5. The molecular weight excluding hydrogens is 206 g/mol. The average molecular weight is 225 g/mol. The van der Waals surface area contributed by atoms with Gasteiger partial charge in [0.25, 0.3) is 0 Å². The van der Waals surface area contributed by atoms with Gasteiger partial charge in [0.2, 0.25) is 0 Å². The van der Waals surface area contributed by atoms with Gasteiger partial charge in [0.15, 0.2) is 0 Å². The Kier molecular flexibility index (Phi) is 3.81. The second-order valence-electron chi connectivity index (χ2n) is 4.28. The standard InChI is InChI=1S/C16H19N/c1-3-6-13-7-4-8-14(11-13)15-9-5-10-16(12-15)17-2/h4-5,7-12,17H,3,6H2,1-2H3. The highest BCUT2D eigenvalue weighted by atomic mass is 14.8. The van der Waals surface area contributed by atoms with E-state index in [0.717, 1.165) is 12.1 Å². The number of hydrogen-bond donors (Lipinski definition) is 1. The quantitative estimate of drug-likeness (QED) is 0.815. The van der Waals surface area contributed by atoms with Gasteiger partial charge in [0.1, 0.15) is 0 Å². The molecule has 0 unspecified atom stereocenters. The number of anilines is 1. The second-order valence-corrected chi connectivity index (χ2v) is 4.28. The summed E-state index contributed by atoms with van der Waals surface area (Å²) in [6.07, 6.45) is 2.35. The summed E-state index contributed by atoms with van der Waals surface area (Å²) in [6, 6.07) is 17.3. The Bertz CT molecular complexity index is 488. The number of hydrogen-bond acceptors (Lipinski definition) is 1. The van der Waals surface area contributed by atoms with Crippen molar-refractivity contribution in [1.82, 2.24) is 0 Å². The van der Waals surface area contributed by atoms with Gasteiger partial charge in [-0.1, -0.05) is 49.7 Å². The van der Waals surface area contributed by atoms with E-state index in [2.05, 4.69) is 60.8 Å². The maximum atomic E-state index is 3.18. The van der Waals surface area contributed by atoms with E-state index in [1.54, 1.807) is 0 Å². The van der Waals surface area contributed by atoms with Crippen molar-refractivity contribution in [3.63, 3.8) is 0 Å². The predicted octanol–water partition coefficient (Wildman–Crippen LogP) is 4.35. The van der Waals surface area contributed by atoms with Crippen LogP contribution >= 0.6 is 0 Å². The molecule has 1 heteroatoms. The van der Waals surface area contributed by atoms with E-state index in [9.17, 15) is 0 Å². The topological polar surface area (TPSA) is 12.0 Å². The summed E-state index contributed by atoms with van der Waals surface area (Å²) in [6.45, 7) is 2.22. The molecule has 0 atom stereocenters. The maximum Gasteiger partial charge on any atom is 0.0343 e. The van der Waals surface area contributed by atoms with Gasteiger partial charge in [-0.15, -0.1) is 0 Å². The van der Waals surface area contributed by atoms with E-state index in [0.29, 0.717) is 0 Å². The summed E-state index contributed by atoms with van der Waals surface area (Å²) in [4.78, 5) is 0. The van der Waals surface area contributed by atoms with Crippen molar-refractivity contribution < 1.29 is 0 Å². The van der Waals surface area contributed by atoms with Crippen LogP contribution in [0.25, 0.3) is 11.1 Å². The van der Waals surface area contributed by atoms with Gasteiger partial charge >= 0.3 is 0 Å². The minimum atomic E-state index is 1.15. The molecule has 2 aromatic rings. The first-order valence-corrected chi connectivity index (χ1v) is 6.20. The lowest BCUT2D eigenvalue weighted by molar-refractivity contribution is 0.922. The molecule has 1 nitrogen and oxygen atoms in total. The molecule has 0 aliphatic heterocycles. The molecule has 0 saturated heterocycles. The molecule has 0 radical (unpaired) electrons. The molecule has 0 aliphatic carbocycles. The third kappa shape index (κ3) is 2.88. The lowest BCUT2D eigenvalue weighted by Crippen LogP contribution is -1.89. The van der Waals surface area contributed by atoms with Crippen molar-refractivity contribution in [3.05, 3.63) is 54.1 Å². The molecule has 0 heterocycles. The molecule has 2 aromatic carbocycles. The second kappa shape index (κ2) is 5.53. The fourth-order valence-electron chi connectivity index (χ4n) is 2.05. The van der Waals surface area contributed by atoms with Crippen molar-refractivity contribution >= 4 is 5.69 Å². The molecule has 0 aromatic heterocycles. The molecule has 1 N–H and O–H groups in total. The van der Waals surface area contributed by atoms with E-state index in [1.165, 1.54) is 23.1 Å². The highest BCUT2D eigenvalue weighted by molar-refractivity contribution is 5.68. The van der Waals surface area contributed by atoms with Crippen LogP contribution in [0, 0.1) is 0 Å². The summed E-state index contributed by atoms with van der Waals surface area (Å²) in [5.74, 6) is 0. The minimum absolute atomic E-state index is 1.15. The zero-order valence-electron chi connectivity index (χ0n) is 10.5. The highest BCUT2D eigenvalue weighted by Crippen LogP contribution is 2.23. The van der Waals surface area contributed by atoms with Crippen molar-refractivity contribution in [3.8, 4) is 11.1 Å². The Morgan fingerprint density at radius 3 is 2.35 bits per heavy atom. The molecule has 0 aliphatic rings. The van der Waals surface area contributed by atoms with Crippen molar-refractivity contribution in [2.24, 2.45) is 0 Å². The summed E-state index contributed by atoms with van der Waals surface area (Å²) in [7, 11) is 1.95. The Labute approximate surface area is 103 Å². The molecule has 0 fully saturated rings. The summed E-state index contributed by atoms with van der Waals surface area (Å²) in [5.41, 5.74) is 5.14. The molecule has 88 valence electrons. The van der Waals surface area contributed by atoms with Gasteiger partial charge in [-0.25, -0.2) is 0 Å². The third-order valence-corrected chi connectivity index (χ3v) is 2.95. The van der Waals surface area contributed by atoms with Crippen molar-refractivity contribution in [2.45, 2.75) is 19.8 Å². The monoisotopic (exact) mass is 225 g/mol. The highest BCUT2D eigenvalue weighted by Gasteiger charge is 1.99. The minimum Gasteiger partial charge on any atom is -0.388 e. The van der Waals surface area contributed by atoms with Gasteiger partial charge in [0, 0.05) is 12.7 Å². The van der Waals surface area contributed by atoms with Gasteiger partial charge < -0.3 is 5.32 Å². The van der Waals surface area contributed by atoms with Crippen LogP contribution in [0.15, 0.2) is 48.5 Å². The first-order chi connectivity index (χ1) is 8.33. The molecule has 0 bridgehead atoms. The number of rotatable bonds is 4. The van der Waals surface area contributed by atoms with Crippen LogP contribution in [0.5, 0.6) is 0 Å². The predicted molar refractivity (Wildman–Crippen MR) is 75.4 cm³/mol. The fourth-order valence-corrected chi connectivity index (χ4v) is 2.05. The van der Waals surface area contributed by atoms with Crippen LogP contribution in [0.4, 0.5) is 5.69 Å². The zero-order chi connectivity index (χ0) is 12.1. The van der Waals surface area contributed by atoms with Crippen LogP contribution in [-0.4, -0.2) is 7.05 Å². The Morgan fingerprint density at radius 1 is 0.941 bits per heavy atom. The lowest BCUT2D eigenvalue weighted by Gasteiger charge is -2.07. The summed E-state index contributed by atoms with van der Waals surface area (Å²) < 4.78 is 0. The van der Waals surface area contributed by atoms with Crippen LogP contribution < -0.4 is 5.32 Å². The third-order valence-electron chi connectivity index (χ3n) is 2.95. The SMILES string of the molecule is CCCc1cccc(-c2cccc(NC)c2)c1. The fraction of sp³-hybridized carbons (Fsp3) is 0.250. The Morgan fingerprint density at radius 2 is 1.65 bits per heavy atom. The van der Waals surface area contributed by atoms with E-state index in [4.69, 9.17) is 0 Å². The normalized spacial score (nSPS) is 10.2. The van der Waals surface area contributed by atoms with Crippen LogP contribution in [0.1, 0.15) is 18.9 Å². The van der Waals surface area contributed by atoms with E-state index in [1.807, 2.05) is 7.05 Å². The number of aryl methyl sites for hydroxylation is 1. The summed E-state index contributed by atoms with van der Waals surface area (Å²) >= 11 is 0. The molecule has 0 spiro atoms. The maximum absolute atomic E-state index is 3.18. The Balaban J connectivity index is 2.34. The van der Waals surface area contributed by atoms with Crippen LogP contribution in [0.2, 0.25) is 0 Å². The first kappa shape index (κ1) is 11.7. The molecule has 0 amide bonds. The van der Waals surface area contributed by atoms with Crippen LogP contribution in [0.3, 0.4) is 0 Å². The van der Waals surface area contributed by atoms with Gasteiger partial charge in [-0.05, 0) is 35.2 Å². The van der Waals surface area contributed by atoms with Gasteiger partial charge in [0.05, 0.1) is 0 Å². The van der Waals surface area contributed by atoms with Gasteiger partial charge in [-0.3, -0.25) is 0 Å². The summed E-state index contributed by atoms with van der Waals surface area (Å²) in [5, 5.41) is 3.18. The lowest BCUT2D eigenvalue weighted by atomic mass is 10.0. The smallest absolute Gasteiger partial charge is 0.0343 e. The first-order valence-electron chi connectivity index (χ1n) is 6.20. The largest absolute Gasteiger partial charge is 0.388 e. The van der Waals surface area contributed by atoms with Crippen LogP contribution in [-0.2, 0) is 6.42 Å². The number of benzene rings is 2.